The van der Waals surface area contributed by atoms with Gasteiger partial charge in [0.2, 0.25) is 6.79 Å². The van der Waals surface area contributed by atoms with Gasteiger partial charge in [0.05, 0.1) is 11.9 Å². The fraction of sp³-hybridized carbons (Fsp3) is 0.211. The van der Waals surface area contributed by atoms with Crippen LogP contribution in [0.15, 0.2) is 51.7 Å². The summed E-state index contributed by atoms with van der Waals surface area (Å²) in [5, 5.41) is 2.61. The molecule has 0 fully saturated rings. The van der Waals surface area contributed by atoms with Crippen molar-refractivity contribution in [3.05, 3.63) is 53.0 Å². The lowest BCUT2D eigenvalue weighted by Crippen LogP contribution is -2.22. The second kappa shape index (κ2) is 7.47. The van der Waals surface area contributed by atoms with E-state index in [1.54, 1.807) is 42.5 Å². The summed E-state index contributed by atoms with van der Waals surface area (Å²) in [7, 11) is 0. The molecule has 1 N–H and O–H groups in total. The molecular weight excluding hydrogens is 368 g/mol. The first-order valence-corrected chi connectivity index (χ1v) is 8.53. The lowest BCUT2D eigenvalue weighted by Gasteiger charge is -2.07. The number of carbonyl (C=O) groups is 2. The van der Waals surface area contributed by atoms with Gasteiger partial charge in [-0.25, -0.2) is 4.79 Å². The zero-order chi connectivity index (χ0) is 19.5. The van der Waals surface area contributed by atoms with Crippen LogP contribution in [0.1, 0.15) is 6.42 Å². The molecule has 0 bridgehead atoms. The maximum atomic E-state index is 11.9. The highest BCUT2D eigenvalue weighted by atomic mass is 16.7. The molecule has 2 aromatic carbocycles. The maximum absolute atomic E-state index is 11.9. The summed E-state index contributed by atoms with van der Waals surface area (Å²) in [6.07, 6.45) is -0.0687. The molecule has 0 aliphatic carbocycles. The fourth-order valence-electron chi connectivity index (χ4n) is 2.82. The number of oxazole rings is 1. The largest absolute Gasteiger partial charge is 0.456 e. The van der Waals surface area contributed by atoms with Crippen LogP contribution in [0.4, 0.5) is 5.69 Å². The molecule has 0 spiro atoms. The number of para-hydroxylation sites is 2. The van der Waals surface area contributed by atoms with Gasteiger partial charge in [-0.1, -0.05) is 12.1 Å². The molecule has 0 saturated heterocycles. The standard InChI is InChI=1S/C19H16N2O7/c22-17(20-12-5-6-15-16(9-12)27-11-26-15)10-25-18(23)7-8-21-13-3-1-2-4-14(13)28-19(21)24/h1-6,9H,7-8,10-11H2,(H,20,22). The first-order chi connectivity index (χ1) is 13.6. The van der Waals surface area contributed by atoms with Crippen LogP contribution in [0.25, 0.3) is 11.1 Å². The minimum Gasteiger partial charge on any atom is -0.456 e. The number of hydrogen-bond acceptors (Lipinski definition) is 7. The number of carbonyl (C=O) groups excluding carboxylic acids is 2. The number of amides is 1. The van der Waals surface area contributed by atoms with E-state index in [0.717, 1.165) is 0 Å². The number of fused-ring (bicyclic) bond motifs is 2. The number of anilines is 1. The summed E-state index contributed by atoms with van der Waals surface area (Å²) < 4.78 is 21.8. The van der Waals surface area contributed by atoms with E-state index >= 15 is 0 Å². The Morgan fingerprint density at radius 2 is 1.93 bits per heavy atom. The van der Waals surface area contributed by atoms with Gasteiger partial charge in [0.25, 0.3) is 5.91 Å². The molecule has 28 heavy (non-hydrogen) atoms. The Labute approximate surface area is 158 Å². The van der Waals surface area contributed by atoms with Gasteiger partial charge in [-0.15, -0.1) is 0 Å². The molecule has 1 aliphatic heterocycles. The predicted octanol–water partition coefficient (Wildman–Crippen LogP) is 1.90. The monoisotopic (exact) mass is 384 g/mol. The van der Waals surface area contributed by atoms with Gasteiger partial charge in [0, 0.05) is 18.3 Å². The average Bonchev–Trinajstić information content (AvgIpc) is 3.27. The molecular formula is C19H16N2O7. The molecule has 4 rings (SSSR count). The smallest absolute Gasteiger partial charge is 0.419 e. The molecule has 1 amide bonds. The summed E-state index contributed by atoms with van der Waals surface area (Å²) in [6, 6.07) is 11.9. The molecule has 0 radical (unpaired) electrons. The number of benzene rings is 2. The molecule has 0 saturated carbocycles. The van der Waals surface area contributed by atoms with E-state index in [9.17, 15) is 14.4 Å². The van der Waals surface area contributed by atoms with Gasteiger partial charge in [0.1, 0.15) is 0 Å². The molecule has 0 unspecified atom stereocenters. The third-order valence-corrected chi connectivity index (χ3v) is 4.13. The summed E-state index contributed by atoms with van der Waals surface area (Å²) in [6.45, 7) is -0.202. The van der Waals surface area contributed by atoms with Gasteiger partial charge in [-0.05, 0) is 24.3 Å². The van der Waals surface area contributed by atoms with E-state index in [1.165, 1.54) is 4.57 Å². The van der Waals surface area contributed by atoms with Crippen molar-refractivity contribution in [1.82, 2.24) is 4.57 Å². The fourth-order valence-corrected chi connectivity index (χ4v) is 2.82. The Morgan fingerprint density at radius 3 is 2.82 bits per heavy atom. The van der Waals surface area contributed by atoms with Crippen LogP contribution >= 0.6 is 0 Å². The normalized spacial score (nSPS) is 12.1. The molecule has 2 heterocycles. The minimum atomic E-state index is -0.599. The molecule has 9 heteroatoms. The first kappa shape index (κ1) is 17.7. The Balaban J connectivity index is 1.28. The minimum absolute atomic E-state index is 0.0687. The Bertz CT molecular complexity index is 1100. The van der Waals surface area contributed by atoms with Crippen molar-refractivity contribution in [3.8, 4) is 11.5 Å². The van der Waals surface area contributed by atoms with E-state index in [0.29, 0.717) is 28.3 Å². The number of hydrogen-bond donors (Lipinski definition) is 1. The SMILES string of the molecule is O=C(COC(=O)CCn1c(=O)oc2ccccc21)Nc1ccc2c(c1)OCO2. The molecule has 9 nitrogen and oxygen atoms in total. The number of nitrogens with zero attached hydrogens (tertiary/aromatic N) is 1. The van der Waals surface area contributed by atoms with Crippen molar-refractivity contribution in [1.29, 1.82) is 0 Å². The number of aromatic nitrogens is 1. The summed E-state index contributed by atoms with van der Waals surface area (Å²) >= 11 is 0. The van der Waals surface area contributed by atoms with Crippen molar-refractivity contribution in [2.75, 3.05) is 18.7 Å². The molecule has 1 aliphatic rings. The van der Waals surface area contributed by atoms with Crippen LogP contribution in [0.2, 0.25) is 0 Å². The Morgan fingerprint density at radius 1 is 1.11 bits per heavy atom. The summed E-state index contributed by atoms with van der Waals surface area (Å²) in [5.41, 5.74) is 1.55. The number of esters is 1. The first-order valence-electron chi connectivity index (χ1n) is 8.53. The van der Waals surface area contributed by atoms with Gasteiger partial charge in [-0.3, -0.25) is 14.2 Å². The Hall–Kier alpha value is -3.75. The van der Waals surface area contributed by atoms with Crippen LogP contribution in [0, 0.1) is 0 Å². The molecule has 1 aromatic heterocycles. The molecule has 144 valence electrons. The molecule has 3 aromatic rings. The van der Waals surface area contributed by atoms with Crippen LogP contribution < -0.4 is 20.5 Å². The van der Waals surface area contributed by atoms with E-state index in [2.05, 4.69) is 5.32 Å². The Kier molecular flexibility index (Phi) is 4.71. The zero-order valence-corrected chi connectivity index (χ0v) is 14.7. The maximum Gasteiger partial charge on any atom is 0.419 e. The highest BCUT2D eigenvalue weighted by molar-refractivity contribution is 5.93. The van der Waals surface area contributed by atoms with Crippen molar-refractivity contribution in [2.45, 2.75) is 13.0 Å². The summed E-state index contributed by atoms with van der Waals surface area (Å²) in [5.74, 6) is -0.496. The van der Waals surface area contributed by atoms with Gasteiger partial charge in [0.15, 0.2) is 23.7 Å². The van der Waals surface area contributed by atoms with Gasteiger partial charge < -0.3 is 23.9 Å². The topological polar surface area (TPSA) is 109 Å². The van der Waals surface area contributed by atoms with Gasteiger partial charge >= 0.3 is 11.7 Å². The zero-order valence-electron chi connectivity index (χ0n) is 14.7. The highest BCUT2D eigenvalue weighted by Crippen LogP contribution is 2.34. The third-order valence-electron chi connectivity index (χ3n) is 4.13. The van der Waals surface area contributed by atoms with Crippen LogP contribution in [0.5, 0.6) is 11.5 Å². The van der Waals surface area contributed by atoms with E-state index in [4.69, 9.17) is 18.6 Å². The van der Waals surface area contributed by atoms with E-state index in [-0.39, 0.29) is 19.8 Å². The lowest BCUT2D eigenvalue weighted by atomic mass is 10.3. The highest BCUT2D eigenvalue weighted by Gasteiger charge is 2.15. The number of ether oxygens (including phenoxy) is 3. The average molecular weight is 384 g/mol. The lowest BCUT2D eigenvalue weighted by molar-refractivity contribution is -0.147. The van der Waals surface area contributed by atoms with Crippen molar-refractivity contribution in [2.24, 2.45) is 0 Å². The molecule has 0 atom stereocenters. The van der Waals surface area contributed by atoms with Crippen LogP contribution in [-0.4, -0.2) is 29.8 Å². The number of rotatable bonds is 6. The van der Waals surface area contributed by atoms with Gasteiger partial charge in [-0.2, -0.15) is 0 Å². The van der Waals surface area contributed by atoms with Crippen LogP contribution in [0.3, 0.4) is 0 Å². The van der Waals surface area contributed by atoms with Crippen LogP contribution in [-0.2, 0) is 20.9 Å². The number of nitrogens with one attached hydrogen (secondary N) is 1. The van der Waals surface area contributed by atoms with Crippen molar-refractivity contribution >= 4 is 28.7 Å². The van der Waals surface area contributed by atoms with E-state index < -0.39 is 24.2 Å². The van der Waals surface area contributed by atoms with E-state index in [1.807, 2.05) is 0 Å². The predicted molar refractivity (Wildman–Crippen MR) is 97.2 cm³/mol. The summed E-state index contributed by atoms with van der Waals surface area (Å²) in [4.78, 5) is 35.7. The van der Waals surface area contributed by atoms with Crippen molar-refractivity contribution < 1.29 is 28.2 Å². The van der Waals surface area contributed by atoms with Crippen molar-refractivity contribution in [3.63, 3.8) is 0 Å². The second-order valence-electron chi connectivity index (χ2n) is 6.01. The third kappa shape index (κ3) is 3.68. The quantitative estimate of drug-likeness (QED) is 0.647. The second-order valence-corrected chi connectivity index (χ2v) is 6.01. The number of aryl methyl sites for hydroxylation is 1.